The third kappa shape index (κ3) is 3.85. The van der Waals surface area contributed by atoms with Gasteiger partial charge in [-0.3, -0.25) is 10.2 Å². The molecular formula is C11H13FN4O2. The van der Waals surface area contributed by atoms with Crippen molar-refractivity contribution in [3.63, 3.8) is 0 Å². The lowest BCUT2D eigenvalue weighted by Crippen LogP contribution is -2.32. The second-order valence-electron chi connectivity index (χ2n) is 3.62. The molecule has 0 bridgehead atoms. The zero-order chi connectivity index (χ0) is 13.7. The predicted molar refractivity (Wildman–Crippen MR) is 65.1 cm³/mol. The van der Waals surface area contributed by atoms with Gasteiger partial charge in [-0.05, 0) is 25.1 Å². The highest BCUT2D eigenvalue weighted by Crippen LogP contribution is 2.13. The number of benzene rings is 1. The summed E-state index contributed by atoms with van der Waals surface area (Å²) in [6.45, 7) is 1.24. The minimum absolute atomic E-state index is 0.0373. The number of hydrogen-bond acceptors (Lipinski definition) is 3. The summed E-state index contributed by atoms with van der Waals surface area (Å²) in [5, 5.41) is 11.8. The quantitative estimate of drug-likeness (QED) is 0.470. The average molecular weight is 252 g/mol. The summed E-state index contributed by atoms with van der Waals surface area (Å²) in [5.41, 5.74) is 5.32. The summed E-state index contributed by atoms with van der Waals surface area (Å²) in [4.78, 5) is 21.9. The molecule has 0 radical (unpaired) electrons. The van der Waals surface area contributed by atoms with Crippen molar-refractivity contribution in [2.45, 2.75) is 6.92 Å². The first-order chi connectivity index (χ1) is 8.40. The Morgan fingerprint density at radius 2 is 2.11 bits per heavy atom. The van der Waals surface area contributed by atoms with Gasteiger partial charge in [0.25, 0.3) is 0 Å². The third-order valence-electron chi connectivity index (χ3n) is 2.02. The van der Waals surface area contributed by atoms with Crippen LogP contribution in [-0.4, -0.2) is 24.2 Å². The maximum Gasteiger partial charge on any atom is 0.319 e. The van der Waals surface area contributed by atoms with Gasteiger partial charge in [-0.15, -0.1) is 0 Å². The van der Waals surface area contributed by atoms with E-state index in [9.17, 15) is 14.0 Å². The number of urea groups is 1. The normalized spacial score (nSPS) is 9.67. The monoisotopic (exact) mass is 252 g/mol. The molecule has 1 rings (SSSR count). The van der Waals surface area contributed by atoms with Crippen molar-refractivity contribution in [3.05, 3.63) is 29.6 Å². The first kappa shape index (κ1) is 13.6. The highest BCUT2D eigenvalue weighted by atomic mass is 19.1. The van der Waals surface area contributed by atoms with E-state index < -0.39 is 11.8 Å². The molecule has 0 aliphatic rings. The number of anilines is 1. The third-order valence-corrected chi connectivity index (χ3v) is 2.02. The summed E-state index contributed by atoms with van der Waals surface area (Å²) in [6.07, 6.45) is 0. The van der Waals surface area contributed by atoms with E-state index in [2.05, 4.69) is 10.6 Å². The molecule has 0 aliphatic carbocycles. The van der Waals surface area contributed by atoms with Crippen molar-refractivity contribution in [1.82, 2.24) is 5.32 Å². The van der Waals surface area contributed by atoms with Crippen LogP contribution in [0.2, 0.25) is 0 Å². The van der Waals surface area contributed by atoms with Crippen LogP contribution in [0.1, 0.15) is 12.5 Å². The summed E-state index contributed by atoms with van der Waals surface area (Å²) in [5.74, 6) is -1.28. The first-order valence-electron chi connectivity index (χ1n) is 5.08. The Kier molecular flexibility index (Phi) is 4.36. The molecule has 6 nitrogen and oxygen atoms in total. The van der Waals surface area contributed by atoms with Crippen molar-refractivity contribution in [2.75, 3.05) is 11.9 Å². The van der Waals surface area contributed by atoms with Crippen LogP contribution in [0.15, 0.2) is 18.2 Å². The van der Waals surface area contributed by atoms with E-state index in [-0.39, 0.29) is 29.4 Å². The zero-order valence-corrected chi connectivity index (χ0v) is 9.71. The molecule has 0 saturated heterocycles. The van der Waals surface area contributed by atoms with E-state index in [0.717, 1.165) is 6.07 Å². The van der Waals surface area contributed by atoms with Crippen LogP contribution in [0.3, 0.4) is 0 Å². The molecular weight excluding hydrogens is 239 g/mol. The lowest BCUT2D eigenvalue weighted by atomic mass is 10.2. The topological polar surface area (TPSA) is 108 Å². The molecule has 0 heterocycles. The molecule has 0 aromatic heterocycles. The summed E-state index contributed by atoms with van der Waals surface area (Å²) in [6, 6.07) is 3.13. The van der Waals surface area contributed by atoms with E-state index in [1.165, 1.54) is 19.1 Å². The van der Waals surface area contributed by atoms with Gasteiger partial charge in [0.15, 0.2) is 0 Å². The summed E-state index contributed by atoms with van der Waals surface area (Å²) in [7, 11) is 0. The molecule has 1 aromatic carbocycles. The number of rotatable bonds is 4. The predicted octanol–water partition coefficient (Wildman–Crippen LogP) is 0.820. The van der Waals surface area contributed by atoms with E-state index in [0.29, 0.717) is 0 Å². The van der Waals surface area contributed by atoms with Gasteiger partial charge in [-0.2, -0.15) is 0 Å². The second kappa shape index (κ2) is 5.76. The number of nitrogen functional groups attached to an aromatic ring is 1. The van der Waals surface area contributed by atoms with E-state index in [1.807, 2.05) is 0 Å². The van der Waals surface area contributed by atoms with Gasteiger partial charge in [0.05, 0.1) is 12.1 Å². The fraction of sp³-hybridized carbons (Fsp3) is 0.182. The SMILES string of the molecule is CC(=O)CNC(=O)Nc1ccc(C(=N)N)c(F)c1. The molecule has 0 spiro atoms. The molecule has 7 heteroatoms. The Morgan fingerprint density at radius 3 is 2.61 bits per heavy atom. The molecule has 2 amide bonds. The Morgan fingerprint density at radius 1 is 1.44 bits per heavy atom. The lowest BCUT2D eigenvalue weighted by Gasteiger charge is -2.07. The van der Waals surface area contributed by atoms with Crippen LogP contribution < -0.4 is 16.4 Å². The Balaban J connectivity index is 2.69. The standard InChI is InChI=1S/C11H13FN4O2/c1-6(17)5-15-11(18)16-7-2-3-8(10(13)14)9(12)4-7/h2-4H,5H2,1H3,(H3,13,14)(H2,15,16,18). The smallest absolute Gasteiger partial charge is 0.319 e. The molecule has 0 atom stereocenters. The van der Waals surface area contributed by atoms with E-state index in [4.69, 9.17) is 11.1 Å². The van der Waals surface area contributed by atoms with Crippen LogP contribution in [0.5, 0.6) is 0 Å². The maximum atomic E-state index is 13.4. The number of ketones is 1. The number of Topliss-reactive ketones (excluding diaryl/α,β-unsaturated/α-hetero) is 1. The number of carbonyl (C=O) groups is 2. The minimum atomic E-state index is -0.702. The van der Waals surface area contributed by atoms with Gasteiger partial charge >= 0.3 is 6.03 Å². The number of amides is 2. The van der Waals surface area contributed by atoms with Gasteiger partial charge in [-0.1, -0.05) is 0 Å². The van der Waals surface area contributed by atoms with Gasteiger partial charge in [-0.25, -0.2) is 9.18 Å². The van der Waals surface area contributed by atoms with Gasteiger partial charge in [0.2, 0.25) is 0 Å². The summed E-state index contributed by atoms with van der Waals surface area (Å²) < 4.78 is 13.4. The molecule has 0 fully saturated rings. The van der Waals surface area contributed by atoms with Crippen LogP contribution >= 0.6 is 0 Å². The zero-order valence-electron chi connectivity index (χ0n) is 9.71. The molecule has 0 unspecified atom stereocenters. The van der Waals surface area contributed by atoms with Gasteiger partial charge < -0.3 is 16.4 Å². The van der Waals surface area contributed by atoms with E-state index in [1.54, 1.807) is 0 Å². The average Bonchev–Trinajstić information content (AvgIpc) is 2.26. The number of carbonyl (C=O) groups excluding carboxylic acids is 2. The summed E-state index contributed by atoms with van der Waals surface area (Å²) >= 11 is 0. The highest BCUT2D eigenvalue weighted by molar-refractivity contribution is 5.96. The molecule has 96 valence electrons. The van der Waals surface area contributed by atoms with E-state index >= 15 is 0 Å². The maximum absolute atomic E-state index is 13.4. The molecule has 0 saturated carbocycles. The molecule has 0 aliphatic heterocycles. The fourth-order valence-electron chi connectivity index (χ4n) is 1.19. The second-order valence-corrected chi connectivity index (χ2v) is 3.62. The first-order valence-corrected chi connectivity index (χ1v) is 5.08. The lowest BCUT2D eigenvalue weighted by molar-refractivity contribution is -0.116. The Labute approximate surface area is 103 Å². The van der Waals surface area contributed by atoms with Gasteiger partial charge in [0, 0.05) is 5.69 Å². The van der Waals surface area contributed by atoms with Crippen molar-refractivity contribution >= 4 is 23.3 Å². The highest BCUT2D eigenvalue weighted by Gasteiger charge is 2.08. The van der Waals surface area contributed by atoms with Gasteiger partial charge in [0.1, 0.15) is 17.4 Å². The number of halogens is 1. The number of nitrogens with one attached hydrogen (secondary N) is 3. The largest absolute Gasteiger partial charge is 0.384 e. The van der Waals surface area contributed by atoms with Crippen molar-refractivity contribution in [2.24, 2.45) is 5.73 Å². The minimum Gasteiger partial charge on any atom is -0.384 e. The number of hydrogen-bond donors (Lipinski definition) is 4. The molecule has 1 aromatic rings. The van der Waals surface area contributed by atoms with Crippen LogP contribution in [0.4, 0.5) is 14.9 Å². The Bertz CT molecular complexity index is 502. The Hall–Kier alpha value is -2.44. The number of nitrogens with two attached hydrogens (primary N) is 1. The van der Waals surface area contributed by atoms with Crippen LogP contribution in [0.25, 0.3) is 0 Å². The number of amidine groups is 1. The van der Waals surface area contributed by atoms with Crippen molar-refractivity contribution in [1.29, 1.82) is 5.41 Å². The van der Waals surface area contributed by atoms with Crippen LogP contribution in [-0.2, 0) is 4.79 Å². The molecule has 5 N–H and O–H groups in total. The van der Waals surface area contributed by atoms with Crippen molar-refractivity contribution < 1.29 is 14.0 Å². The molecule has 18 heavy (non-hydrogen) atoms. The van der Waals surface area contributed by atoms with Crippen molar-refractivity contribution in [3.8, 4) is 0 Å². The fourth-order valence-corrected chi connectivity index (χ4v) is 1.19. The van der Waals surface area contributed by atoms with Crippen LogP contribution in [0, 0.1) is 11.2 Å².